The molecule has 1 aromatic heterocycles. The third kappa shape index (κ3) is 3.19. The highest BCUT2D eigenvalue weighted by Crippen LogP contribution is 2.40. The van der Waals surface area contributed by atoms with E-state index >= 15 is 0 Å². The third-order valence-electron chi connectivity index (χ3n) is 6.96. The zero-order valence-electron chi connectivity index (χ0n) is 16.0. The van der Waals surface area contributed by atoms with E-state index in [4.69, 9.17) is 4.98 Å². The summed E-state index contributed by atoms with van der Waals surface area (Å²) in [5.41, 5.74) is 2.64. The molecule has 4 aliphatic rings. The summed E-state index contributed by atoms with van der Waals surface area (Å²) in [6.45, 7) is 3.87. The van der Waals surface area contributed by atoms with Crippen LogP contribution in [0.1, 0.15) is 81.5 Å². The summed E-state index contributed by atoms with van der Waals surface area (Å²) in [6, 6.07) is 1.27. The number of carbonyl (C=O) groups is 1. The largest absolute Gasteiger partial charge is 0.344 e. The van der Waals surface area contributed by atoms with Gasteiger partial charge in [0.2, 0.25) is 5.91 Å². The maximum Gasteiger partial charge on any atom is 0.237 e. The molecule has 142 valence electrons. The van der Waals surface area contributed by atoms with Crippen molar-refractivity contribution in [2.75, 3.05) is 13.1 Å². The normalized spacial score (nSPS) is 27.3. The van der Waals surface area contributed by atoms with Crippen LogP contribution in [-0.4, -0.2) is 50.8 Å². The molecule has 3 fully saturated rings. The minimum Gasteiger partial charge on any atom is -0.344 e. The quantitative estimate of drug-likeness (QED) is 0.851. The van der Waals surface area contributed by atoms with Gasteiger partial charge in [-0.2, -0.15) is 0 Å². The van der Waals surface area contributed by atoms with Crippen molar-refractivity contribution in [2.24, 2.45) is 5.92 Å². The van der Waals surface area contributed by atoms with Gasteiger partial charge in [-0.25, -0.2) is 4.98 Å². The van der Waals surface area contributed by atoms with Crippen LogP contribution in [0.4, 0.5) is 0 Å². The molecule has 26 heavy (non-hydrogen) atoms. The molecule has 1 aromatic rings. The lowest BCUT2D eigenvalue weighted by molar-refractivity contribution is -0.135. The molecular weight excluding hydrogens is 324 g/mol. The highest BCUT2D eigenvalue weighted by molar-refractivity contribution is 5.79. The van der Waals surface area contributed by atoms with E-state index in [0.717, 1.165) is 37.5 Å². The van der Waals surface area contributed by atoms with Crippen LogP contribution in [0.3, 0.4) is 0 Å². The van der Waals surface area contributed by atoms with Crippen LogP contribution in [0.25, 0.3) is 0 Å². The van der Waals surface area contributed by atoms with Crippen molar-refractivity contribution in [1.82, 2.24) is 19.8 Å². The van der Waals surface area contributed by atoms with Gasteiger partial charge in [-0.3, -0.25) is 9.69 Å². The van der Waals surface area contributed by atoms with Crippen molar-refractivity contribution < 1.29 is 4.79 Å². The van der Waals surface area contributed by atoms with Crippen molar-refractivity contribution >= 4 is 5.91 Å². The Bertz CT molecular complexity index is 652. The van der Waals surface area contributed by atoms with Crippen LogP contribution in [-0.2, 0) is 17.6 Å². The first-order valence-corrected chi connectivity index (χ1v) is 10.8. The van der Waals surface area contributed by atoms with Gasteiger partial charge in [0.05, 0.1) is 18.3 Å². The van der Waals surface area contributed by atoms with Gasteiger partial charge in [0.1, 0.15) is 5.82 Å². The number of aromatic nitrogens is 2. The second-order valence-electron chi connectivity index (χ2n) is 8.99. The van der Waals surface area contributed by atoms with Crippen molar-refractivity contribution in [3.05, 3.63) is 17.2 Å². The molecule has 0 spiro atoms. The molecule has 2 saturated carbocycles. The monoisotopic (exact) mass is 356 g/mol. The number of likely N-dealkylation sites (tertiary alicyclic amines) is 1. The van der Waals surface area contributed by atoms with E-state index in [1.165, 1.54) is 56.3 Å². The lowest BCUT2D eigenvalue weighted by Crippen LogP contribution is -2.46. The third-order valence-corrected chi connectivity index (χ3v) is 6.96. The van der Waals surface area contributed by atoms with Crippen molar-refractivity contribution in [1.29, 1.82) is 0 Å². The van der Waals surface area contributed by atoms with Gasteiger partial charge in [-0.1, -0.05) is 0 Å². The number of nitrogens with zero attached hydrogens (tertiary/aromatic N) is 3. The predicted octanol–water partition coefficient (Wildman–Crippen LogP) is 3.21. The Labute approximate surface area is 156 Å². The Kier molecular flexibility index (Phi) is 4.30. The lowest BCUT2D eigenvalue weighted by Gasteiger charge is -2.32. The van der Waals surface area contributed by atoms with Gasteiger partial charge < -0.3 is 9.88 Å². The van der Waals surface area contributed by atoms with E-state index in [-0.39, 0.29) is 0 Å². The number of fused-ring (bicyclic) bond motifs is 1. The number of carbonyl (C=O) groups excluding carboxylic acids is 1. The fraction of sp³-hybridized carbons (Fsp3) is 0.810. The Morgan fingerprint density at radius 3 is 2.73 bits per heavy atom. The number of nitrogens with one attached hydrogen (secondary N) is 1. The summed E-state index contributed by atoms with van der Waals surface area (Å²) in [7, 11) is 0. The predicted molar refractivity (Wildman–Crippen MR) is 101 cm³/mol. The molecule has 2 heterocycles. The van der Waals surface area contributed by atoms with Gasteiger partial charge in [0.15, 0.2) is 0 Å². The molecule has 0 unspecified atom stereocenters. The first-order valence-electron chi connectivity index (χ1n) is 10.8. The second-order valence-corrected chi connectivity index (χ2v) is 8.99. The van der Waals surface area contributed by atoms with Crippen LogP contribution in [0.5, 0.6) is 0 Å². The van der Waals surface area contributed by atoms with E-state index in [1.54, 1.807) is 0 Å². The molecule has 5 rings (SSSR count). The summed E-state index contributed by atoms with van der Waals surface area (Å²) in [6.07, 6.45) is 12.1. The molecule has 3 aliphatic carbocycles. The summed E-state index contributed by atoms with van der Waals surface area (Å²) in [5.74, 6) is 2.23. The number of aromatic amines is 1. The molecule has 1 amide bonds. The highest BCUT2D eigenvalue weighted by atomic mass is 16.2. The van der Waals surface area contributed by atoms with Crippen LogP contribution in [0, 0.1) is 5.92 Å². The zero-order valence-corrected chi connectivity index (χ0v) is 16.0. The van der Waals surface area contributed by atoms with Crippen molar-refractivity contribution in [2.45, 2.75) is 89.3 Å². The molecule has 1 aliphatic heterocycles. The molecule has 2 atom stereocenters. The minimum absolute atomic E-state index is 0.307. The Morgan fingerprint density at radius 1 is 1.19 bits per heavy atom. The van der Waals surface area contributed by atoms with E-state index in [0.29, 0.717) is 30.6 Å². The lowest BCUT2D eigenvalue weighted by atomic mass is 10.0. The minimum atomic E-state index is 0.307. The number of H-pyrrole nitrogens is 1. The number of imidazole rings is 1. The topological polar surface area (TPSA) is 52.2 Å². The highest BCUT2D eigenvalue weighted by Gasteiger charge is 2.42. The van der Waals surface area contributed by atoms with E-state index in [9.17, 15) is 4.79 Å². The Morgan fingerprint density at radius 2 is 2.00 bits per heavy atom. The van der Waals surface area contributed by atoms with Gasteiger partial charge in [0, 0.05) is 17.8 Å². The number of rotatable bonds is 6. The fourth-order valence-corrected chi connectivity index (χ4v) is 5.14. The molecule has 0 radical (unpaired) electrons. The first-order chi connectivity index (χ1) is 12.7. The SMILES string of the molecule is C[C@H](C1CC1)N(C(=O)CN1CCC[C@H]1c1nc2c([nH]1)CCCC2)C1CC1. The average Bonchev–Trinajstić information content (AvgIpc) is 3.55. The van der Waals surface area contributed by atoms with E-state index in [1.807, 2.05) is 0 Å². The van der Waals surface area contributed by atoms with E-state index in [2.05, 4.69) is 21.7 Å². The summed E-state index contributed by atoms with van der Waals surface area (Å²) < 4.78 is 0. The summed E-state index contributed by atoms with van der Waals surface area (Å²) in [5, 5.41) is 0. The number of hydrogen-bond acceptors (Lipinski definition) is 3. The maximum absolute atomic E-state index is 13.2. The van der Waals surface area contributed by atoms with Crippen molar-refractivity contribution in [3.63, 3.8) is 0 Å². The molecule has 1 N–H and O–H groups in total. The van der Waals surface area contributed by atoms with Crippen LogP contribution < -0.4 is 0 Å². The fourth-order valence-electron chi connectivity index (χ4n) is 5.14. The number of hydrogen-bond donors (Lipinski definition) is 1. The number of aryl methyl sites for hydroxylation is 2. The van der Waals surface area contributed by atoms with Crippen molar-refractivity contribution in [3.8, 4) is 0 Å². The molecule has 5 heteroatoms. The maximum atomic E-state index is 13.2. The summed E-state index contributed by atoms with van der Waals surface area (Å²) >= 11 is 0. The standard InChI is InChI=1S/C21H32N4O/c1-14(15-8-9-15)25(16-10-11-16)20(26)13-24-12-4-7-19(24)21-22-17-5-2-3-6-18(17)23-21/h14-16,19H,2-13H2,1H3,(H,22,23)/t14-,19+/m1/s1. The first kappa shape index (κ1) is 16.8. The summed E-state index contributed by atoms with van der Waals surface area (Å²) in [4.78, 5) is 26.4. The zero-order chi connectivity index (χ0) is 17.7. The van der Waals surface area contributed by atoms with Gasteiger partial charge in [-0.05, 0) is 83.6 Å². The Balaban J connectivity index is 1.29. The molecule has 1 saturated heterocycles. The van der Waals surface area contributed by atoms with Crippen LogP contribution in [0.2, 0.25) is 0 Å². The van der Waals surface area contributed by atoms with Gasteiger partial charge in [0.25, 0.3) is 0 Å². The van der Waals surface area contributed by atoms with Gasteiger partial charge in [-0.15, -0.1) is 0 Å². The average molecular weight is 357 g/mol. The molecule has 5 nitrogen and oxygen atoms in total. The molecule has 0 bridgehead atoms. The Hall–Kier alpha value is -1.36. The van der Waals surface area contributed by atoms with Crippen LogP contribution >= 0.6 is 0 Å². The number of amides is 1. The molecular formula is C21H32N4O. The second kappa shape index (κ2) is 6.66. The van der Waals surface area contributed by atoms with Gasteiger partial charge >= 0.3 is 0 Å². The molecule has 0 aromatic carbocycles. The van der Waals surface area contributed by atoms with E-state index < -0.39 is 0 Å². The van der Waals surface area contributed by atoms with Crippen LogP contribution in [0.15, 0.2) is 0 Å². The smallest absolute Gasteiger partial charge is 0.237 e.